The van der Waals surface area contributed by atoms with Crippen LogP contribution in [0.25, 0.3) is 0 Å². The second kappa shape index (κ2) is 9.30. The fourth-order valence-electron chi connectivity index (χ4n) is 2.66. The van der Waals surface area contributed by atoms with Crippen molar-refractivity contribution in [2.75, 3.05) is 13.2 Å². The molecule has 0 spiro atoms. The smallest absolute Gasteiger partial charge is 0.223 e. The molecule has 5 heteroatoms. The van der Waals surface area contributed by atoms with Crippen LogP contribution in [0.5, 0.6) is 5.75 Å². The summed E-state index contributed by atoms with van der Waals surface area (Å²) < 4.78 is 5.64. The first-order chi connectivity index (χ1) is 11.5. The zero-order chi connectivity index (χ0) is 17.4. The molecule has 1 heterocycles. The van der Waals surface area contributed by atoms with Crippen LogP contribution in [0.15, 0.2) is 24.3 Å². The number of nitrogens with one attached hydrogen (secondary N) is 2. The van der Waals surface area contributed by atoms with Gasteiger partial charge >= 0.3 is 0 Å². The predicted molar refractivity (Wildman–Crippen MR) is 93.6 cm³/mol. The lowest BCUT2D eigenvalue weighted by Crippen LogP contribution is -2.33. The van der Waals surface area contributed by atoms with E-state index in [4.69, 9.17) is 4.74 Å². The van der Waals surface area contributed by atoms with Crippen molar-refractivity contribution in [3.05, 3.63) is 29.8 Å². The summed E-state index contributed by atoms with van der Waals surface area (Å²) in [5.74, 6) is 1.07. The Labute approximate surface area is 144 Å². The first-order valence-corrected chi connectivity index (χ1v) is 8.80. The minimum absolute atomic E-state index is 0.00861. The maximum Gasteiger partial charge on any atom is 0.223 e. The molecule has 132 valence electrons. The van der Waals surface area contributed by atoms with Crippen molar-refractivity contribution in [2.24, 2.45) is 11.8 Å². The highest BCUT2D eigenvalue weighted by Gasteiger charge is 2.23. The van der Waals surface area contributed by atoms with Crippen molar-refractivity contribution in [2.45, 2.75) is 46.1 Å². The Morgan fingerprint density at radius 2 is 2.04 bits per heavy atom. The van der Waals surface area contributed by atoms with E-state index >= 15 is 0 Å². The Hall–Kier alpha value is -2.04. The van der Waals surface area contributed by atoms with Crippen LogP contribution in [0.2, 0.25) is 0 Å². The third-order valence-electron chi connectivity index (χ3n) is 4.08. The van der Waals surface area contributed by atoms with Gasteiger partial charge in [0.15, 0.2) is 0 Å². The van der Waals surface area contributed by atoms with Crippen LogP contribution in [0.3, 0.4) is 0 Å². The van der Waals surface area contributed by atoms with E-state index in [9.17, 15) is 9.59 Å². The fourth-order valence-corrected chi connectivity index (χ4v) is 2.66. The third kappa shape index (κ3) is 6.22. The zero-order valence-electron chi connectivity index (χ0n) is 14.6. The number of carbonyl (C=O) groups excluding carboxylic acids is 2. The molecule has 0 radical (unpaired) electrons. The van der Waals surface area contributed by atoms with Crippen molar-refractivity contribution in [1.82, 2.24) is 10.6 Å². The van der Waals surface area contributed by atoms with Crippen LogP contribution in [0.4, 0.5) is 0 Å². The maximum atomic E-state index is 12.1. The SMILES string of the molecule is CC(C)COc1ccc(CNC(=O)C[C@H]2CCCCNC2=O)cc1. The van der Waals surface area contributed by atoms with Gasteiger partial charge in [0.2, 0.25) is 11.8 Å². The number of ether oxygens (including phenoxy) is 1. The van der Waals surface area contributed by atoms with Crippen LogP contribution in [0.1, 0.15) is 45.1 Å². The summed E-state index contributed by atoms with van der Waals surface area (Å²) in [7, 11) is 0. The summed E-state index contributed by atoms with van der Waals surface area (Å²) in [5, 5.41) is 5.76. The van der Waals surface area contributed by atoms with Gasteiger partial charge in [0.1, 0.15) is 5.75 Å². The molecular weight excluding hydrogens is 304 g/mol. The van der Waals surface area contributed by atoms with Crippen LogP contribution in [-0.4, -0.2) is 25.0 Å². The Morgan fingerprint density at radius 3 is 2.75 bits per heavy atom. The first kappa shape index (κ1) is 18.3. The highest BCUT2D eigenvalue weighted by molar-refractivity contribution is 5.85. The number of carbonyl (C=O) groups is 2. The first-order valence-electron chi connectivity index (χ1n) is 8.80. The molecule has 1 aliphatic heterocycles. The average Bonchev–Trinajstić information content (AvgIpc) is 2.77. The summed E-state index contributed by atoms with van der Waals surface area (Å²) >= 11 is 0. The van der Waals surface area contributed by atoms with Crippen molar-refractivity contribution >= 4 is 11.8 Å². The lowest BCUT2D eigenvalue weighted by Gasteiger charge is -2.13. The van der Waals surface area contributed by atoms with E-state index in [2.05, 4.69) is 24.5 Å². The predicted octanol–water partition coefficient (Wildman–Crippen LogP) is 2.64. The van der Waals surface area contributed by atoms with Crippen molar-refractivity contribution in [3.63, 3.8) is 0 Å². The number of hydrogen-bond acceptors (Lipinski definition) is 3. The molecule has 2 rings (SSSR count). The molecule has 2 amide bonds. The van der Waals surface area contributed by atoms with Crippen molar-refractivity contribution in [1.29, 1.82) is 0 Å². The number of amides is 2. The molecule has 1 atom stereocenters. The molecular formula is C19H28N2O3. The van der Waals surface area contributed by atoms with E-state index in [-0.39, 0.29) is 24.2 Å². The van der Waals surface area contributed by atoms with Crippen LogP contribution in [-0.2, 0) is 16.1 Å². The summed E-state index contributed by atoms with van der Waals surface area (Å²) in [6.45, 7) is 6.11. The van der Waals surface area contributed by atoms with Gasteiger partial charge in [-0.05, 0) is 36.5 Å². The molecule has 0 bridgehead atoms. The number of hydrogen-bond donors (Lipinski definition) is 2. The minimum atomic E-state index is -0.195. The number of rotatable bonds is 7. The molecule has 0 aromatic heterocycles. The average molecular weight is 332 g/mol. The van der Waals surface area contributed by atoms with Gasteiger partial charge in [-0.2, -0.15) is 0 Å². The van der Waals surface area contributed by atoms with Gasteiger partial charge in [-0.15, -0.1) is 0 Å². The van der Waals surface area contributed by atoms with Crippen molar-refractivity contribution < 1.29 is 14.3 Å². The largest absolute Gasteiger partial charge is 0.493 e. The summed E-state index contributed by atoms with van der Waals surface area (Å²) in [5.41, 5.74) is 1.02. The van der Waals surface area contributed by atoms with Crippen LogP contribution < -0.4 is 15.4 Å². The van der Waals surface area contributed by atoms with E-state index in [1.807, 2.05) is 24.3 Å². The minimum Gasteiger partial charge on any atom is -0.493 e. The Morgan fingerprint density at radius 1 is 1.29 bits per heavy atom. The molecule has 1 fully saturated rings. The van der Waals surface area contributed by atoms with Crippen LogP contribution >= 0.6 is 0 Å². The standard InChI is InChI=1S/C19H28N2O3/c1-14(2)13-24-17-8-6-15(7-9-17)12-21-18(22)11-16-5-3-4-10-20-19(16)23/h6-9,14,16H,3-5,10-13H2,1-2H3,(H,20,23)(H,21,22)/t16-/m1/s1. The molecule has 5 nitrogen and oxygen atoms in total. The lowest BCUT2D eigenvalue weighted by atomic mass is 9.98. The second-order valence-electron chi connectivity index (χ2n) is 6.81. The van der Waals surface area contributed by atoms with Gasteiger partial charge in [0, 0.05) is 25.4 Å². The Balaban J connectivity index is 1.75. The van der Waals surface area contributed by atoms with E-state index in [0.717, 1.165) is 37.1 Å². The number of benzene rings is 1. The fraction of sp³-hybridized carbons (Fsp3) is 0.579. The highest BCUT2D eigenvalue weighted by Crippen LogP contribution is 2.16. The van der Waals surface area contributed by atoms with E-state index in [0.29, 0.717) is 19.1 Å². The van der Waals surface area contributed by atoms with Gasteiger partial charge in [0.05, 0.1) is 6.61 Å². The monoisotopic (exact) mass is 332 g/mol. The Bertz CT molecular complexity index is 540. The van der Waals surface area contributed by atoms with E-state index in [1.165, 1.54) is 0 Å². The van der Waals surface area contributed by atoms with Gasteiger partial charge in [-0.25, -0.2) is 0 Å². The van der Waals surface area contributed by atoms with Gasteiger partial charge < -0.3 is 15.4 Å². The summed E-state index contributed by atoms with van der Waals surface area (Å²) in [6, 6.07) is 7.74. The van der Waals surface area contributed by atoms with Crippen LogP contribution in [0, 0.1) is 11.8 Å². The third-order valence-corrected chi connectivity index (χ3v) is 4.08. The van der Waals surface area contributed by atoms with E-state index < -0.39 is 0 Å². The molecule has 1 aromatic rings. The molecule has 1 aliphatic rings. The molecule has 0 saturated carbocycles. The summed E-state index contributed by atoms with van der Waals surface area (Å²) in [6.07, 6.45) is 3.05. The second-order valence-corrected chi connectivity index (χ2v) is 6.81. The quantitative estimate of drug-likeness (QED) is 0.806. The maximum absolute atomic E-state index is 12.1. The molecule has 0 unspecified atom stereocenters. The highest BCUT2D eigenvalue weighted by atomic mass is 16.5. The van der Waals surface area contributed by atoms with Gasteiger partial charge in [-0.1, -0.05) is 32.4 Å². The molecule has 1 aromatic carbocycles. The zero-order valence-corrected chi connectivity index (χ0v) is 14.6. The van der Waals surface area contributed by atoms with E-state index in [1.54, 1.807) is 0 Å². The molecule has 1 saturated heterocycles. The normalized spacial score (nSPS) is 18.0. The molecule has 2 N–H and O–H groups in total. The van der Waals surface area contributed by atoms with Gasteiger partial charge in [-0.3, -0.25) is 9.59 Å². The Kier molecular flexibility index (Phi) is 7.09. The van der Waals surface area contributed by atoms with Crippen molar-refractivity contribution in [3.8, 4) is 5.75 Å². The lowest BCUT2D eigenvalue weighted by molar-refractivity contribution is -0.130. The topological polar surface area (TPSA) is 67.4 Å². The van der Waals surface area contributed by atoms with Gasteiger partial charge in [0.25, 0.3) is 0 Å². The molecule has 24 heavy (non-hydrogen) atoms. The molecule has 0 aliphatic carbocycles. The summed E-state index contributed by atoms with van der Waals surface area (Å²) in [4.78, 5) is 23.9.